The number of esters is 1. The molecule has 0 atom stereocenters. The number of para-hydroxylation sites is 1. The Hall–Kier alpha value is -3.97. The molecule has 0 aliphatic carbocycles. The molecular formula is C29H19Cl2N3O2S. The molecule has 182 valence electrons. The second-order valence-electron chi connectivity index (χ2n) is 7.87. The Balaban J connectivity index is 1.37. The number of rotatable bonds is 7. The van der Waals surface area contributed by atoms with Crippen LogP contribution in [-0.2, 0) is 0 Å². The molecule has 1 heterocycles. The summed E-state index contributed by atoms with van der Waals surface area (Å²) in [7, 11) is 0. The van der Waals surface area contributed by atoms with Crippen LogP contribution in [0.1, 0.15) is 15.9 Å². The van der Waals surface area contributed by atoms with E-state index < -0.39 is 5.97 Å². The molecule has 5 rings (SSSR count). The Kier molecular flexibility index (Phi) is 7.61. The van der Waals surface area contributed by atoms with Crippen molar-refractivity contribution in [1.82, 2.24) is 4.98 Å². The number of halogens is 2. The number of hydrogen-bond acceptors (Lipinski definition) is 6. The summed E-state index contributed by atoms with van der Waals surface area (Å²) in [5, 5.41) is 6.21. The minimum Gasteiger partial charge on any atom is -0.422 e. The van der Waals surface area contributed by atoms with E-state index in [4.69, 9.17) is 32.9 Å². The number of aromatic nitrogens is 1. The molecule has 37 heavy (non-hydrogen) atoms. The summed E-state index contributed by atoms with van der Waals surface area (Å²) in [5.74, 6) is -0.0931. The summed E-state index contributed by atoms with van der Waals surface area (Å²) < 4.78 is 5.60. The number of hydrogen-bond donors (Lipinski definition) is 1. The predicted molar refractivity (Wildman–Crippen MR) is 152 cm³/mol. The second-order valence-corrected chi connectivity index (χ2v) is 9.75. The molecule has 0 aliphatic heterocycles. The first kappa shape index (κ1) is 24.7. The van der Waals surface area contributed by atoms with E-state index in [-0.39, 0.29) is 0 Å². The molecule has 0 unspecified atom stereocenters. The Morgan fingerprint density at radius 1 is 0.811 bits per heavy atom. The van der Waals surface area contributed by atoms with E-state index >= 15 is 0 Å². The zero-order valence-corrected chi connectivity index (χ0v) is 21.6. The molecule has 0 spiro atoms. The lowest BCUT2D eigenvalue weighted by atomic mass is 10.1. The van der Waals surface area contributed by atoms with Crippen LogP contribution in [0.25, 0.3) is 21.7 Å². The number of carbonyl (C=O) groups is 1. The van der Waals surface area contributed by atoms with Gasteiger partial charge < -0.3 is 4.74 Å². The Bertz CT molecular complexity index is 1550. The number of nitrogens with zero attached hydrogens (tertiary/aromatic N) is 2. The molecule has 0 fully saturated rings. The first-order valence-electron chi connectivity index (χ1n) is 11.2. The zero-order valence-electron chi connectivity index (χ0n) is 19.3. The van der Waals surface area contributed by atoms with Gasteiger partial charge in [0.05, 0.1) is 22.3 Å². The third-order valence-corrected chi connectivity index (χ3v) is 6.86. The summed E-state index contributed by atoms with van der Waals surface area (Å²) in [6.45, 7) is 0. The van der Waals surface area contributed by atoms with Crippen molar-refractivity contribution in [2.24, 2.45) is 5.10 Å². The number of hydrazone groups is 1. The smallest absolute Gasteiger partial charge is 0.343 e. The minimum absolute atomic E-state index is 0.388. The van der Waals surface area contributed by atoms with Gasteiger partial charge in [-0.25, -0.2) is 9.78 Å². The van der Waals surface area contributed by atoms with Crippen LogP contribution in [0.5, 0.6) is 5.75 Å². The number of benzene rings is 4. The number of ether oxygens (including phenoxy) is 1. The summed E-state index contributed by atoms with van der Waals surface area (Å²) in [5.41, 5.74) is 6.92. The molecule has 0 bridgehead atoms. The van der Waals surface area contributed by atoms with E-state index in [0.717, 1.165) is 21.7 Å². The average molecular weight is 544 g/mol. The van der Waals surface area contributed by atoms with Crippen LogP contribution in [0.2, 0.25) is 10.0 Å². The quantitative estimate of drug-likeness (QED) is 0.0967. The molecule has 0 radical (unpaired) electrons. The van der Waals surface area contributed by atoms with Crippen molar-refractivity contribution in [1.29, 1.82) is 0 Å². The van der Waals surface area contributed by atoms with Crippen molar-refractivity contribution in [3.8, 4) is 27.4 Å². The SMILES string of the molecule is O=C(Oc1ccccc1/C=N\Nc1nc(-c2ccccc2)c(-c2ccc(Cl)cc2)s1)c1ccc(Cl)cc1. The van der Waals surface area contributed by atoms with Crippen LogP contribution in [-0.4, -0.2) is 17.2 Å². The van der Waals surface area contributed by atoms with Gasteiger partial charge >= 0.3 is 5.97 Å². The monoisotopic (exact) mass is 543 g/mol. The molecule has 0 saturated heterocycles. The predicted octanol–water partition coefficient (Wildman–Crippen LogP) is 8.45. The normalized spacial score (nSPS) is 11.0. The molecule has 1 aromatic heterocycles. The van der Waals surface area contributed by atoms with Gasteiger partial charge in [-0.05, 0) is 54.1 Å². The molecule has 1 N–H and O–H groups in total. The number of carbonyl (C=O) groups excluding carboxylic acids is 1. The Morgan fingerprint density at radius 3 is 2.19 bits per heavy atom. The lowest BCUT2D eigenvalue weighted by Gasteiger charge is -2.07. The van der Waals surface area contributed by atoms with Crippen molar-refractivity contribution < 1.29 is 9.53 Å². The molecule has 0 amide bonds. The van der Waals surface area contributed by atoms with Crippen LogP contribution in [0.3, 0.4) is 0 Å². The first-order valence-corrected chi connectivity index (χ1v) is 12.8. The fourth-order valence-corrected chi connectivity index (χ4v) is 4.73. The van der Waals surface area contributed by atoms with Crippen LogP contribution < -0.4 is 10.2 Å². The van der Waals surface area contributed by atoms with Crippen LogP contribution in [0, 0.1) is 0 Å². The van der Waals surface area contributed by atoms with Gasteiger partial charge in [0.1, 0.15) is 5.75 Å². The highest BCUT2D eigenvalue weighted by molar-refractivity contribution is 7.19. The van der Waals surface area contributed by atoms with E-state index in [1.54, 1.807) is 42.6 Å². The Morgan fingerprint density at radius 2 is 1.46 bits per heavy atom. The molecular weight excluding hydrogens is 525 g/mol. The van der Waals surface area contributed by atoms with Crippen molar-refractivity contribution in [3.63, 3.8) is 0 Å². The summed E-state index contributed by atoms with van der Waals surface area (Å²) in [6.07, 6.45) is 1.59. The van der Waals surface area contributed by atoms with Gasteiger partial charge in [-0.2, -0.15) is 5.10 Å². The first-order chi connectivity index (χ1) is 18.1. The van der Waals surface area contributed by atoms with Crippen LogP contribution in [0.4, 0.5) is 5.13 Å². The van der Waals surface area contributed by atoms with E-state index in [1.165, 1.54) is 11.3 Å². The van der Waals surface area contributed by atoms with Gasteiger partial charge in [-0.1, -0.05) is 89.1 Å². The van der Waals surface area contributed by atoms with Crippen molar-refractivity contribution in [3.05, 3.63) is 124 Å². The highest BCUT2D eigenvalue weighted by Crippen LogP contribution is 2.39. The summed E-state index contributed by atoms with van der Waals surface area (Å²) in [6, 6.07) is 31.3. The molecule has 5 aromatic rings. The van der Waals surface area contributed by atoms with E-state index in [1.807, 2.05) is 66.7 Å². The Labute approximate surface area is 228 Å². The standard InChI is InChI=1S/C29H19Cl2N3O2S/c30-23-14-10-20(11-15-23)27-26(19-6-2-1-3-7-19)33-29(37-27)34-32-18-22-8-4-5-9-25(22)36-28(35)21-12-16-24(31)17-13-21/h1-18H,(H,33,34)/b32-18-. The second kappa shape index (κ2) is 11.4. The highest BCUT2D eigenvalue weighted by atomic mass is 35.5. The van der Waals surface area contributed by atoms with Gasteiger partial charge in [-0.15, -0.1) is 0 Å². The fraction of sp³-hybridized carbons (Fsp3) is 0. The third kappa shape index (κ3) is 6.06. The van der Waals surface area contributed by atoms with Gasteiger partial charge in [0.25, 0.3) is 0 Å². The van der Waals surface area contributed by atoms with E-state index in [2.05, 4.69) is 10.5 Å². The minimum atomic E-state index is -0.481. The molecule has 8 heteroatoms. The molecule has 5 nitrogen and oxygen atoms in total. The topological polar surface area (TPSA) is 63.6 Å². The number of nitrogens with one attached hydrogen (secondary N) is 1. The summed E-state index contributed by atoms with van der Waals surface area (Å²) >= 11 is 13.5. The maximum absolute atomic E-state index is 12.6. The van der Waals surface area contributed by atoms with Gasteiger partial charge in [0.15, 0.2) is 0 Å². The molecule has 0 aliphatic rings. The average Bonchev–Trinajstić information content (AvgIpc) is 3.35. The van der Waals surface area contributed by atoms with Gasteiger partial charge in [-0.3, -0.25) is 5.43 Å². The number of anilines is 1. The highest BCUT2D eigenvalue weighted by Gasteiger charge is 2.15. The summed E-state index contributed by atoms with van der Waals surface area (Å²) in [4.78, 5) is 18.4. The zero-order chi connectivity index (χ0) is 25.6. The van der Waals surface area contributed by atoms with Gasteiger partial charge in [0, 0.05) is 21.2 Å². The molecule has 0 saturated carbocycles. The van der Waals surface area contributed by atoms with Crippen molar-refractivity contribution in [2.45, 2.75) is 0 Å². The lowest BCUT2D eigenvalue weighted by Crippen LogP contribution is -2.09. The fourth-order valence-electron chi connectivity index (χ4n) is 3.54. The maximum atomic E-state index is 12.6. The largest absolute Gasteiger partial charge is 0.422 e. The van der Waals surface area contributed by atoms with Crippen LogP contribution >= 0.6 is 34.5 Å². The van der Waals surface area contributed by atoms with Crippen molar-refractivity contribution in [2.75, 3.05) is 5.43 Å². The van der Waals surface area contributed by atoms with E-state index in [0.29, 0.717) is 32.1 Å². The molecule has 4 aromatic carbocycles. The van der Waals surface area contributed by atoms with Crippen LogP contribution in [0.15, 0.2) is 108 Å². The number of thiazole rings is 1. The third-order valence-electron chi connectivity index (χ3n) is 5.35. The maximum Gasteiger partial charge on any atom is 0.343 e. The van der Waals surface area contributed by atoms with Crippen molar-refractivity contribution >= 4 is 51.9 Å². The lowest BCUT2D eigenvalue weighted by molar-refractivity contribution is 0.0734. The van der Waals surface area contributed by atoms with E-state index in [9.17, 15) is 4.79 Å². The van der Waals surface area contributed by atoms with Gasteiger partial charge in [0.2, 0.25) is 5.13 Å².